The highest BCUT2D eigenvalue weighted by Gasteiger charge is 2.38. The molecular formula is C22H23N3O3. The molecule has 6 nitrogen and oxygen atoms in total. The van der Waals surface area contributed by atoms with Crippen LogP contribution in [0.4, 0.5) is 4.79 Å². The summed E-state index contributed by atoms with van der Waals surface area (Å²) in [4.78, 5) is 40.4. The van der Waals surface area contributed by atoms with Crippen LogP contribution in [0.1, 0.15) is 29.5 Å². The minimum Gasteiger partial charge on any atom is -0.338 e. The Balaban J connectivity index is 1.32. The first-order valence-electron chi connectivity index (χ1n) is 9.62. The standard InChI is InChI=1S/C22H23N3O3/c26-20(24-13-12-17-8-4-5-9-18(17)15-24)11-10-19-21(27)25(22(28)23-19)14-16-6-2-1-3-7-16/h1-9,19H,10-15H2,(H,23,28)/t19-/m1/s1. The minimum atomic E-state index is -0.628. The number of carbonyl (C=O) groups excluding carboxylic acids is 3. The molecule has 2 heterocycles. The molecule has 28 heavy (non-hydrogen) atoms. The van der Waals surface area contributed by atoms with Crippen molar-refractivity contribution in [2.45, 2.75) is 38.4 Å². The van der Waals surface area contributed by atoms with Gasteiger partial charge in [0, 0.05) is 19.5 Å². The highest BCUT2D eigenvalue weighted by molar-refractivity contribution is 6.04. The summed E-state index contributed by atoms with van der Waals surface area (Å²) in [5.74, 6) is -0.233. The molecule has 2 aromatic rings. The van der Waals surface area contributed by atoms with E-state index in [-0.39, 0.29) is 24.8 Å². The van der Waals surface area contributed by atoms with E-state index in [0.717, 1.165) is 12.0 Å². The van der Waals surface area contributed by atoms with Crippen molar-refractivity contribution in [2.75, 3.05) is 6.54 Å². The molecule has 0 aromatic heterocycles. The summed E-state index contributed by atoms with van der Waals surface area (Å²) in [6, 6.07) is 16.5. The molecule has 6 heteroatoms. The molecule has 0 saturated carbocycles. The molecule has 2 aromatic carbocycles. The monoisotopic (exact) mass is 377 g/mol. The van der Waals surface area contributed by atoms with Crippen molar-refractivity contribution in [2.24, 2.45) is 0 Å². The average Bonchev–Trinajstić information content (AvgIpc) is 3.00. The molecule has 1 fully saturated rings. The van der Waals surface area contributed by atoms with Crippen LogP contribution in [0.15, 0.2) is 54.6 Å². The van der Waals surface area contributed by atoms with Crippen LogP contribution in [0.2, 0.25) is 0 Å². The fourth-order valence-corrected chi connectivity index (χ4v) is 3.82. The molecule has 4 amide bonds. The predicted octanol–water partition coefficient (Wildman–Crippen LogP) is 2.47. The maximum absolute atomic E-state index is 12.6. The number of amides is 4. The first kappa shape index (κ1) is 18.2. The van der Waals surface area contributed by atoms with Gasteiger partial charge in [-0.1, -0.05) is 54.6 Å². The number of nitrogens with one attached hydrogen (secondary N) is 1. The zero-order chi connectivity index (χ0) is 19.5. The van der Waals surface area contributed by atoms with Crippen molar-refractivity contribution >= 4 is 17.8 Å². The van der Waals surface area contributed by atoms with Crippen LogP contribution in [-0.4, -0.2) is 40.2 Å². The quantitative estimate of drug-likeness (QED) is 0.814. The van der Waals surface area contributed by atoms with Gasteiger partial charge in [0.15, 0.2) is 0 Å². The predicted molar refractivity (Wildman–Crippen MR) is 104 cm³/mol. The van der Waals surface area contributed by atoms with Gasteiger partial charge in [0.05, 0.1) is 6.54 Å². The lowest BCUT2D eigenvalue weighted by Gasteiger charge is -2.29. The summed E-state index contributed by atoms with van der Waals surface area (Å²) < 4.78 is 0. The number of benzene rings is 2. The van der Waals surface area contributed by atoms with Crippen LogP contribution in [0, 0.1) is 0 Å². The van der Waals surface area contributed by atoms with Gasteiger partial charge in [-0.3, -0.25) is 14.5 Å². The smallest absolute Gasteiger partial charge is 0.325 e. The molecule has 0 spiro atoms. The van der Waals surface area contributed by atoms with E-state index in [1.165, 1.54) is 16.0 Å². The number of nitrogens with zero attached hydrogens (tertiary/aromatic N) is 2. The molecule has 2 aliphatic heterocycles. The topological polar surface area (TPSA) is 69.7 Å². The molecule has 0 bridgehead atoms. The summed E-state index contributed by atoms with van der Waals surface area (Å²) in [6.45, 7) is 1.56. The Bertz CT molecular complexity index is 897. The maximum Gasteiger partial charge on any atom is 0.325 e. The summed E-state index contributed by atoms with van der Waals surface area (Å²) in [6.07, 6.45) is 1.43. The SMILES string of the molecule is O=C(CC[C@H]1NC(=O)N(Cc2ccccc2)C1=O)N1CCc2ccccc2C1. The molecule has 1 saturated heterocycles. The Morgan fingerprint density at radius 2 is 1.71 bits per heavy atom. The van der Waals surface area contributed by atoms with Crippen LogP contribution in [0.5, 0.6) is 0 Å². The molecular weight excluding hydrogens is 354 g/mol. The molecule has 0 aliphatic carbocycles. The number of hydrogen-bond acceptors (Lipinski definition) is 3. The van der Waals surface area contributed by atoms with Gasteiger partial charge in [-0.15, -0.1) is 0 Å². The number of carbonyl (C=O) groups is 3. The Morgan fingerprint density at radius 1 is 1.00 bits per heavy atom. The molecule has 1 atom stereocenters. The Hall–Kier alpha value is -3.15. The molecule has 1 N–H and O–H groups in total. The fraction of sp³-hybridized carbons (Fsp3) is 0.318. The van der Waals surface area contributed by atoms with E-state index in [2.05, 4.69) is 17.4 Å². The zero-order valence-electron chi connectivity index (χ0n) is 15.6. The van der Waals surface area contributed by atoms with Crippen LogP contribution >= 0.6 is 0 Å². The first-order valence-corrected chi connectivity index (χ1v) is 9.62. The number of urea groups is 1. The summed E-state index contributed by atoms with van der Waals surface area (Å²) in [5.41, 5.74) is 3.37. The maximum atomic E-state index is 12.6. The van der Waals surface area contributed by atoms with Crippen molar-refractivity contribution in [1.82, 2.24) is 15.1 Å². The fourth-order valence-electron chi connectivity index (χ4n) is 3.82. The lowest BCUT2D eigenvalue weighted by Crippen LogP contribution is -2.37. The van der Waals surface area contributed by atoms with Crippen LogP contribution in [-0.2, 0) is 29.1 Å². The number of rotatable bonds is 5. The second kappa shape index (κ2) is 7.84. The van der Waals surface area contributed by atoms with Crippen molar-refractivity contribution in [3.63, 3.8) is 0 Å². The van der Waals surface area contributed by atoms with Crippen molar-refractivity contribution in [3.05, 3.63) is 71.3 Å². The zero-order valence-corrected chi connectivity index (χ0v) is 15.6. The molecule has 4 rings (SSSR count). The summed E-state index contributed by atoms with van der Waals surface area (Å²) in [5, 5.41) is 2.71. The van der Waals surface area contributed by atoms with E-state index >= 15 is 0 Å². The normalized spacial score (nSPS) is 18.8. The van der Waals surface area contributed by atoms with Crippen molar-refractivity contribution < 1.29 is 14.4 Å². The number of hydrogen-bond donors (Lipinski definition) is 1. The second-order valence-corrected chi connectivity index (χ2v) is 7.28. The minimum absolute atomic E-state index is 0.0260. The number of imide groups is 1. The highest BCUT2D eigenvalue weighted by Crippen LogP contribution is 2.20. The third-order valence-electron chi connectivity index (χ3n) is 5.42. The molecule has 0 unspecified atom stereocenters. The molecule has 144 valence electrons. The van der Waals surface area contributed by atoms with Crippen molar-refractivity contribution in [1.29, 1.82) is 0 Å². The highest BCUT2D eigenvalue weighted by atomic mass is 16.2. The van der Waals surface area contributed by atoms with Gasteiger partial charge >= 0.3 is 6.03 Å². The van der Waals surface area contributed by atoms with Gasteiger partial charge in [0.2, 0.25) is 5.91 Å². The van der Waals surface area contributed by atoms with Crippen molar-refractivity contribution in [3.8, 4) is 0 Å². The summed E-state index contributed by atoms with van der Waals surface area (Å²) >= 11 is 0. The third-order valence-corrected chi connectivity index (χ3v) is 5.42. The van der Waals surface area contributed by atoms with Crippen LogP contribution in [0.3, 0.4) is 0 Å². The lowest BCUT2D eigenvalue weighted by atomic mass is 9.99. The average molecular weight is 377 g/mol. The first-order chi connectivity index (χ1) is 13.6. The van der Waals surface area contributed by atoms with Gasteiger partial charge in [0.1, 0.15) is 6.04 Å². The Labute approximate surface area is 164 Å². The Kier molecular flexibility index (Phi) is 5.10. The van der Waals surface area contributed by atoms with Crippen LogP contribution < -0.4 is 5.32 Å². The Morgan fingerprint density at radius 3 is 2.50 bits per heavy atom. The van der Waals surface area contributed by atoms with Gasteiger partial charge < -0.3 is 10.2 Å². The summed E-state index contributed by atoms with van der Waals surface area (Å²) in [7, 11) is 0. The van der Waals surface area contributed by atoms with E-state index < -0.39 is 12.1 Å². The van der Waals surface area contributed by atoms with Gasteiger partial charge in [-0.05, 0) is 29.5 Å². The lowest BCUT2D eigenvalue weighted by molar-refractivity contribution is -0.132. The van der Waals surface area contributed by atoms with E-state index in [9.17, 15) is 14.4 Å². The molecule has 2 aliphatic rings. The van der Waals surface area contributed by atoms with Crippen LogP contribution in [0.25, 0.3) is 0 Å². The van der Waals surface area contributed by atoms with E-state index in [0.29, 0.717) is 19.5 Å². The number of fused-ring (bicyclic) bond motifs is 1. The largest absolute Gasteiger partial charge is 0.338 e. The van der Waals surface area contributed by atoms with E-state index in [4.69, 9.17) is 0 Å². The third kappa shape index (κ3) is 3.76. The van der Waals surface area contributed by atoms with E-state index in [1.807, 2.05) is 47.4 Å². The second-order valence-electron chi connectivity index (χ2n) is 7.28. The van der Waals surface area contributed by atoms with Gasteiger partial charge in [-0.2, -0.15) is 0 Å². The van der Waals surface area contributed by atoms with Gasteiger partial charge in [-0.25, -0.2) is 4.79 Å². The van der Waals surface area contributed by atoms with Gasteiger partial charge in [0.25, 0.3) is 5.91 Å². The van der Waals surface area contributed by atoms with E-state index in [1.54, 1.807) is 0 Å². The molecule has 0 radical (unpaired) electrons.